The summed E-state index contributed by atoms with van der Waals surface area (Å²) >= 11 is 0. The highest BCUT2D eigenvalue weighted by atomic mass is 35.5. The Morgan fingerprint density at radius 3 is 2.24 bits per heavy atom. The van der Waals surface area contributed by atoms with Crippen molar-refractivity contribution in [1.82, 2.24) is 15.5 Å². The Hall–Kier alpha value is -1.02. The number of piperidine rings is 2. The highest BCUT2D eigenvalue weighted by Crippen LogP contribution is 2.22. The molecule has 146 valence electrons. The number of nitrogens with zero attached hydrogens (tertiary/aromatic N) is 1. The molecule has 0 saturated carbocycles. The molecule has 0 aromatic heterocycles. The van der Waals surface area contributed by atoms with Gasteiger partial charge in [0.2, 0.25) is 11.8 Å². The SMILES string of the molecule is Cl.O=C(CCC1CCNCC1)NC1CCN(C(=O)CC(F)(F)F)CC1. The zero-order chi connectivity index (χ0) is 17.6. The van der Waals surface area contributed by atoms with Crippen LogP contribution in [-0.2, 0) is 9.59 Å². The van der Waals surface area contributed by atoms with Crippen LogP contribution in [0.1, 0.15) is 44.9 Å². The minimum Gasteiger partial charge on any atom is -0.353 e. The topological polar surface area (TPSA) is 61.4 Å². The van der Waals surface area contributed by atoms with Crippen molar-refractivity contribution in [1.29, 1.82) is 0 Å². The second-order valence-corrected chi connectivity index (χ2v) is 6.75. The van der Waals surface area contributed by atoms with Gasteiger partial charge in [-0.1, -0.05) is 0 Å². The fourth-order valence-electron chi connectivity index (χ4n) is 3.36. The summed E-state index contributed by atoms with van der Waals surface area (Å²) in [5, 5.41) is 6.24. The van der Waals surface area contributed by atoms with Crippen LogP contribution in [0.3, 0.4) is 0 Å². The molecule has 2 fully saturated rings. The molecular formula is C16H27ClF3N3O2. The second kappa shape index (κ2) is 10.2. The molecule has 2 saturated heterocycles. The zero-order valence-electron chi connectivity index (χ0n) is 14.2. The molecule has 2 aliphatic rings. The van der Waals surface area contributed by atoms with E-state index in [1.165, 1.54) is 4.90 Å². The molecule has 2 heterocycles. The normalized spacial score (nSPS) is 20.0. The first-order valence-corrected chi connectivity index (χ1v) is 8.68. The smallest absolute Gasteiger partial charge is 0.353 e. The maximum absolute atomic E-state index is 12.2. The number of carbonyl (C=O) groups is 2. The number of hydrogen-bond acceptors (Lipinski definition) is 3. The maximum atomic E-state index is 12.2. The standard InChI is InChI=1S/C16H26F3N3O2.ClH/c17-16(18,19)11-15(24)22-9-5-13(6-10-22)21-14(23)2-1-12-3-7-20-8-4-12;/h12-13,20H,1-11H2,(H,21,23);1H. The van der Waals surface area contributed by atoms with Crippen molar-refractivity contribution < 1.29 is 22.8 Å². The first-order valence-electron chi connectivity index (χ1n) is 8.68. The van der Waals surface area contributed by atoms with Crippen molar-refractivity contribution >= 4 is 24.2 Å². The Kier molecular flexibility index (Phi) is 8.99. The number of carbonyl (C=O) groups excluding carboxylic acids is 2. The third-order valence-electron chi connectivity index (χ3n) is 4.80. The van der Waals surface area contributed by atoms with E-state index in [0.29, 0.717) is 25.2 Å². The van der Waals surface area contributed by atoms with E-state index in [2.05, 4.69) is 10.6 Å². The summed E-state index contributed by atoms with van der Waals surface area (Å²) in [5.74, 6) is -0.273. The van der Waals surface area contributed by atoms with Crippen LogP contribution in [0.2, 0.25) is 0 Å². The average molecular weight is 386 g/mol. The molecule has 25 heavy (non-hydrogen) atoms. The quantitative estimate of drug-likeness (QED) is 0.763. The van der Waals surface area contributed by atoms with Crippen LogP contribution < -0.4 is 10.6 Å². The number of likely N-dealkylation sites (tertiary alicyclic amines) is 1. The van der Waals surface area contributed by atoms with Gasteiger partial charge in [0, 0.05) is 25.6 Å². The van der Waals surface area contributed by atoms with Crippen LogP contribution in [-0.4, -0.2) is 55.1 Å². The van der Waals surface area contributed by atoms with Crippen LogP contribution in [0.4, 0.5) is 13.2 Å². The molecule has 0 atom stereocenters. The molecule has 2 N–H and O–H groups in total. The van der Waals surface area contributed by atoms with Crippen molar-refractivity contribution in [3.8, 4) is 0 Å². The molecule has 0 unspecified atom stereocenters. The molecule has 2 aliphatic heterocycles. The van der Waals surface area contributed by atoms with Gasteiger partial charge in [0.1, 0.15) is 6.42 Å². The van der Waals surface area contributed by atoms with E-state index in [0.717, 1.165) is 32.4 Å². The van der Waals surface area contributed by atoms with E-state index < -0.39 is 18.5 Å². The van der Waals surface area contributed by atoms with Crippen LogP contribution in [0, 0.1) is 5.92 Å². The maximum Gasteiger partial charge on any atom is 0.397 e. The highest BCUT2D eigenvalue weighted by molar-refractivity contribution is 5.85. The monoisotopic (exact) mass is 385 g/mol. The molecule has 9 heteroatoms. The molecule has 0 bridgehead atoms. The summed E-state index contributed by atoms with van der Waals surface area (Å²) < 4.78 is 36.7. The van der Waals surface area contributed by atoms with Crippen LogP contribution in [0.5, 0.6) is 0 Å². The van der Waals surface area contributed by atoms with Crippen LogP contribution in [0.15, 0.2) is 0 Å². The Labute approximate surface area is 152 Å². The van der Waals surface area contributed by atoms with Crippen molar-refractivity contribution in [3.63, 3.8) is 0 Å². The Morgan fingerprint density at radius 1 is 1.08 bits per heavy atom. The number of halogens is 4. The lowest BCUT2D eigenvalue weighted by molar-refractivity contribution is -0.162. The van der Waals surface area contributed by atoms with Gasteiger partial charge in [-0.3, -0.25) is 9.59 Å². The van der Waals surface area contributed by atoms with E-state index in [1.807, 2.05) is 0 Å². The lowest BCUT2D eigenvalue weighted by Crippen LogP contribution is -2.47. The van der Waals surface area contributed by atoms with Gasteiger partial charge in [-0.2, -0.15) is 13.2 Å². The van der Waals surface area contributed by atoms with E-state index in [9.17, 15) is 22.8 Å². The number of alkyl halides is 3. The number of hydrogen-bond donors (Lipinski definition) is 2. The number of amides is 2. The Morgan fingerprint density at radius 2 is 1.68 bits per heavy atom. The van der Waals surface area contributed by atoms with Gasteiger partial charge in [-0.25, -0.2) is 0 Å². The zero-order valence-corrected chi connectivity index (χ0v) is 15.1. The molecule has 5 nitrogen and oxygen atoms in total. The average Bonchev–Trinajstić information content (AvgIpc) is 2.53. The minimum absolute atomic E-state index is 0. The molecule has 0 spiro atoms. The van der Waals surface area contributed by atoms with Gasteiger partial charge in [0.15, 0.2) is 0 Å². The van der Waals surface area contributed by atoms with E-state index >= 15 is 0 Å². The predicted molar refractivity (Wildman–Crippen MR) is 90.5 cm³/mol. The molecular weight excluding hydrogens is 359 g/mol. The molecule has 0 aromatic carbocycles. The summed E-state index contributed by atoms with van der Waals surface area (Å²) in [7, 11) is 0. The molecule has 2 amide bonds. The first-order chi connectivity index (χ1) is 11.3. The lowest BCUT2D eigenvalue weighted by Gasteiger charge is -2.32. The van der Waals surface area contributed by atoms with E-state index in [-0.39, 0.29) is 37.4 Å². The summed E-state index contributed by atoms with van der Waals surface area (Å²) in [6.45, 7) is 2.57. The van der Waals surface area contributed by atoms with Gasteiger partial charge in [-0.05, 0) is 51.1 Å². The van der Waals surface area contributed by atoms with Crippen molar-refractivity contribution in [3.05, 3.63) is 0 Å². The molecule has 0 aliphatic carbocycles. The van der Waals surface area contributed by atoms with Crippen molar-refractivity contribution in [2.45, 2.75) is 57.2 Å². The minimum atomic E-state index is -4.46. The van der Waals surface area contributed by atoms with Crippen LogP contribution >= 0.6 is 12.4 Å². The fraction of sp³-hybridized carbons (Fsp3) is 0.875. The van der Waals surface area contributed by atoms with Crippen molar-refractivity contribution in [2.75, 3.05) is 26.2 Å². The highest BCUT2D eigenvalue weighted by Gasteiger charge is 2.34. The predicted octanol–water partition coefficient (Wildman–Crippen LogP) is 2.25. The molecule has 0 radical (unpaired) electrons. The summed E-state index contributed by atoms with van der Waals surface area (Å²) in [5.41, 5.74) is 0. The molecule has 0 aromatic rings. The largest absolute Gasteiger partial charge is 0.397 e. The van der Waals surface area contributed by atoms with Gasteiger partial charge < -0.3 is 15.5 Å². The van der Waals surface area contributed by atoms with Crippen LogP contribution in [0.25, 0.3) is 0 Å². The molecule has 2 rings (SSSR count). The summed E-state index contributed by atoms with van der Waals surface area (Å²) in [4.78, 5) is 24.8. The summed E-state index contributed by atoms with van der Waals surface area (Å²) in [6, 6.07) is -0.0412. The lowest BCUT2D eigenvalue weighted by atomic mass is 9.93. The number of nitrogens with one attached hydrogen (secondary N) is 2. The van der Waals surface area contributed by atoms with E-state index in [1.54, 1.807) is 0 Å². The third kappa shape index (κ3) is 8.27. The Bertz CT molecular complexity index is 435. The second-order valence-electron chi connectivity index (χ2n) is 6.75. The third-order valence-corrected chi connectivity index (χ3v) is 4.80. The van der Waals surface area contributed by atoms with Crippen molar-refractivity contribution in [2.24, 2.45) is 5.92 Å². The number of rotatable bonds is 5. The fourth-order valence-corrected chi connectivity index (χ4v) is 3.36. The van der Waals surface area contributed by atoms with Gasteiger partial charge in [0.05, 0.1) is 0 Å². The van der Waals surface area contributed by atoms with E-state index in [4.69, 9.17) is 0 Å². The Balaban J connectivity index is 0.00000312. The van der Waals surface area contributed by atoms with Gasteiger partial charge in [0.25, 0.3) is 0 Å². The van der Waals surface area contributed by atoms with Gasteiger partial charge in [-0.15, -0.1) is 12.4 Å². The first kappa shape index (κ1) is 22.0. The summed E-state index contributed by atoms with van der Waals surface area (Å²) in [6.07, 6.45) is -1.24. The van der Waals surface area contributed by atoms with Gasteiger partial charge >= 0.3 is 6.18 Å².